The molecule has 1 unspecified atom stereocenters. The van der Waals surface area contributed by atoms with Gasteiger partial charge in [-0.3, -0.25) is 4.57 Å². The monoisotopic (exact) mass is 313 g/mol. The number of fused-ring (bicyclic) bond motifs is 1. The lowest BCUT2D eigenvalue weighted by atomic mass is 10.1. The van der Waals surface area contributed by atoms with Crippen molar-refractivity contribution in [2.75, 3.05) is 11.9 Å². The standard InChI is InChI=1S/C16H19N5O2/c1-2-8-21-15-13(18-10-19-15)14(20-16(21)23)17-9-12(22)11-6-4-3-5-7-11/h3-7,10,12,22H,2,8-9H2,1H3,(H,18,19)(H,17,20,23). The minimum atomic E-state index is -0.686. The Labute approximate surface area is 133 Å². The molecule has 3 rings (SSSR count). The Morgan fingerprint density at radius 1 is 1.35 bits per heavy atom. The van der Waals surface area contributed by atoms with E-state index in [-0.39, 0.29) is 12.2 Å². The van der Waals surface area contributed by atoms with Crippen LogP contribution in [-0.2, 0) is 6.54 Å². The summed E-state index contributed by atoms with van der Waals surface area (Å²) in [5.74, 6) is 0.407. The minimum absolute atomic E-state index is 0.252. The minimum Gasteiger partial charge on any atom is -0.387 e. The van der Waals surface area contributed by atoms with E-state index in [4.69, 9.17) is 0 Å². The molecule has 0 aliphatic rings. The second kappa shape index (κ2) is 6.62. The summed E-state index contributed by atoms with van der Waals surface area (Å²) < 4.78 is 1.55. The molecular formula is C16H19N5O2. The lowest BCUT2D eigenvalue weighted by Crippen LogP contribution is -2.25. The summed E-state index contributed by atoms with van der Waals surface area (Å²) >= 11 is 0. The van der Waals surface area contributed by atoms with Crippen molar-refractivity contribution >= 4 is 17.0 Å². The van der Waals surface area contributed by atoms with Crippen molar-refractivity contribution in [3.8, 4) is 0 Å². The van der Waals surface area contributed by atoms with Crippen molar-refractivity contribution in [2.45, 2.75) is 26.0 Å². The maximum atomic E-state index is 12.2. The largest absolute Gasteiger partial charge is 0.387 e. The highest BCUT2D eigenvalue weighted by Crippen LogP contribution is 2.18. The van der Waals surface area contributed by atoms with E-state index >= 15 is 0 Å². The Balaban J connectivity index is 1.85. The molecule has 3 aromatic rings. The summed E-state index contributed by atoms with van der Waals surface area (Å²) in [5.41, 5.74) is 1.70. The van der Waals surface area contributed by atoms with Crippen LogP contribution in [0.3, 0.4) is 0 Å². The molecule has 0 aliphatic heterocycles. The molecule has 0 amide bonds. The summed E-state index contributed by atoms with van der Waals surface area (Å²) in [5, 5.41) is 13.2. The van der Waals surface area contributed by atoms with Crippen molar-refractivity contribution in [3.05, 3.63) is 52.7 Å². The van der Waals surface area contributed by atoms with E-state index in [1.54, 1.807) is 4.57 Å². The van der Waals surface area contributed by atoms with E-state index in [0.717, 1.165) is 12.0 Å². The number of nitrogens with one attached hydrogen (secondary N) is 2. The third-order valence-corrected chi connectivity index (χ3v) is 3.64. The van der Waals surface area contributed by atoms with Crippen LogP contribution >= 0.6 is 0 Å². The predicted molar refractivity (Wildman–Crippen MR) is 88.3 cm³/mol. The molecule has 1 atom stereocenters. The predicted octanol–water partition coefficient (Wildman–Crippen LogP) is 1.68. The molecule has 0 spiro atoms. The molecule has 7 heteroatoms. The van der Waals surface area contributed by atoms with Gasteiger partial charge in [-0.2, -0.15) is 4.98 Å². The number of aliphatic hydroxyl groups is 1. The molecule has 7 nitrogen and oxygen atoms in total. The molecule has 0 bridgehead atoms. The number of benzene rings is 1. The van der Waals surface area contributed by atoms with E-state index in [1.807, 2.05) is 37.3 Å². The summed E-state index contributed by atoms with van der Waals surface area (Å²) in [6.45, 7) is 2.82. The number of rotatable bonds is 6. The fourth-order valence-electron chi connectivity index (χ4n) is 2.51. The molecule has 0 saturated heterocycles. The van der Waals surface area contributed by atoms with Crippen LogP contribution in [0.5, 0.6) is 0 Å². The number of hydrogen-bond donors (Lipinski definition) is 3. The number of aromatic amines is 1. The third-order valence-electron chi connectivity index (χ3n) is 3.64. The molecule has 2 heterocycles. The number of aryl methyl sites for hydroxylation is 1. The van der Waals surface area contributed by atoms with Gasteiger partial charge in [0.05, 0.1) is 12.4 Å². The van der Waals surface area contributed by atoms with Crippen LogP contribution in [0.1, 0.15) is 25.0 Å². The van der Waals surface area contributed by atoms with Crippen molar-refractivity contribution in [3.63, 3.8) is 0 Å². The van der Waals surface area contributed by atoms with Gasteiger partial charge in [0.15, 0.2) is 11.5 Å². The zero-order valence-electron chi connectivity index (χ0n) is 12.9. The van der Waals surface area contributed by atoms with Gasteiger partial charge in [-0.1, -0.05) is 37.3 Å². The second-order valence-corrected chi connectivity index (χ2v) is 5.30. The molecule has 120 valence electrons. The Morgan fingerprint density at radius 3 is 2.87 bits per heavy atom. The highest BCUT2D eigenvalue weighted by Gasteiger charge is 2.14. The summed E-state index contributed by atoms with van der Waals surface area (Å²) in [4.78, 5) is 23.4. The van der Waals surface area contributed by atoms with Gasteiger partial charge in [0.2, 0.25) is 0 Å². The van der Waals surface area contributed by atoms with E-state index in [2.05, 4.69) is 20.3 Å². The van der Waals surface area contributed by atoms with Gasteiger partial charge in [0.1, 0.15) is 5.52 Å². The lowest BCUT2D eigenvalue weighted by Gasteiger charge is -2.13. The van der Waals surface area contributed by atoms with Crippen LogP contribution in [0.2, 0.25) is 0 Å². The number of nitrogens with zero attached hydrogens (tertiary/aromatic N) is 3. The first-order valence-corrected chi connectivity index (χ1v) is 7.61. The SMILES string of the molecule is CCCn1c(=O)nc(NCC(O)c2ccccc2)c2[nH]cnc21. The maximum absolute atomic E-state index is 12.2. The fourth-order valence-corrected chi connectivity index (χ4v) is 2.51. The van der Waals surface area contributed by atoms with Gasteiger partial charge >= 0.3 is 5.69 Å². The van der Waals surface area contributed by atoms with Crippen molar-refractivity contribution in [1.29, 1.82) is 0 Å². The average molecular weight is 313 g/mol. The van der Waals surface area contributed by atoms with Gasteiger partial charge in [-0.05, 0) is 12.0 Å². The Kier molecular flexibility index (Phi) is 4.38. The van der Waals surface area contributed by atoms with Crippen molar-refractivity contribution in [2.24, 2.45) is 0 Å². The lowest BCUT2D eigenvalue weighted by molar-refractivity contribution is 0.191. The van der Waals surface area contributed by atoms with Crippen molar-refractivity contribution < 1.29 is 5.11 Å². The second-order valence-electron chi connectivity index (χ2n) is 5.30. The molecule has 2 aromatic heterocycles. The highest BCUT2D eigenvalue weighted by atomic mass is 16.3. The molecule has 1 aromatic carbocycles. The van der Waals surface area contributed by atoms with Crippen LogP contribution in [0.4, 0.5) is 5.82 Å². The zero-order chi connectivity index (χ0) is 16.2. The van der Waals surface area contributed by atoms with Gasteiger partial charge in [0.25, 0.3) is 0 Å². The molecular weight excluding hydrogens is 294 g/mol. The number of hydrogen-bond acceptors (Lipinski definition) is 5. The van der Waals surface area contributed by atoms with Gasteiger partial charge in [0, 0.05) is 13.1 Å². The Morgan fingerprint density at radius 2 is 2.13 bits per heavy atom. The Hall–Kier alpha value is -2.67. The maximum Gasteiger partial charge on any atom is 0.351 e. The van der Waals surface area contributed by atoms with Crippen LogP contribution in [0.15, 0.2) is 41.5 Å². The summed E-state index contributed by atoms with van der Waals surface area (Å²) in [7, 11) is 0. The van der Waals surface area contributed by atoms with Gasteiger partial charge in [-0.15, -0.1) is 0 Å². The van der Waals surface area contributed by atoms with E-state index < -0.39 is 6.10 Å². The van der Waals surface area contributed by atoms with Crippen molar-refractivity contribution in [1.82, 2.24) is 19.5 Å². The van der Waals surface area contributed by atoms with E-state index in [0.29, 0.717) is 23.5 Å². The highest BCUT2D eigenvalue weighted by molar-refractivity contribution is 5.82. The molecule has 0 aliphatic carbocycles. The Bertz CT molecular complexity index is 841. The first-order chi connectivity index (χ1) is 11.2. The van der Waals surface area contributed by atoms with Crippen LogP contribution in [-0.4, -0.2) is 31.2 Å². The molecule has 3 N–H and O–H groups in total. The topological polar surface area (TPSA) is 95.8 Å². The molecule has 0 fully saturated rings. The normalized spacial score (nSPS) is 12.4. The third kappa shape index (κ3) is 3.09. The zero-order valence-corrected chi connectivity index (χ0v) is 12.9. The number of aromatic nitrogens is 4. The van der Waals surface area contributed by atoms with Crippen LogP contribution < -0.4 is 11.0 Å². The number of imidazole rings is 1. The molecule has 0 saturated carbocycles. The summed E-state index contributed by atoms with van der Waals surface area (Å²) in [6.07, 6.45) is 1.67. The number of anilines is 1. The molecule has 23 heavy (non-hydrogen) atoms. The fraction of sp³-hybridized carbons (Fsp3) is 0.312. The van der Waals surface area contributed by atoms with Crippen LogP contribution in [0.25, 0.3) is 11.2 Å². The van der Waals surface area contributed by atoms with E-state index in [9.17, 15) is 9.90 Å². The average Bonchev–Trinajstić information content (AvgIpc) is 3.06. The smallest absolute Gasteiger partial charge is 0.351 e. The van der Waals surface area contributed by atoms with E-state index in [1.165, 1.54) is 6.33 Å². The van der Waals surface area contributed by atoms with Crippen LogP contribution in [0, 0.1) is 0 Å². The number of H-pyrrole nitrogens is 1. The summed E-state index contributed by atoms with van der Waals surface area (Å²) in [6, 6.07) is 9.34. The first kappa shape index (κ1) is 15.2. The number of aliphatic hydroxyl groups excluding tert-OH is 1. The first-order valence-electron chi connectivity index (χ1n) is 7.61. The quantitative estimate of drug-likeness (QED) is 0.643. The molecule has 0 radical (unpaired) electrons. The van der Waals surface area contributed by atoms with Gasteiger partial charge in [-0.25, -0.2) is 9.78 Å². The van der Waals surface area contributed by atoms with Gasteiger partial charge < -0.3 is 15.4 Å².